The summed E-state index contributed by atoms with van der Waals surface area (Å²) in [6.45, 7) is 0.539. The maximum absolute atomic E-state index is 9.80. The molecule has 2 rings (SSSR count). The normalized spacial score (nSPS) is 10.3. The van der Waals surface area contributed by atoms with Crippen LogP contribution in [0.5, 0.6) is 5.75 Å². The predicted octanol–water partition coefficient (Wildman–Crippen LogP) is 3.23. The molecule has 0 aliphatic rings. The zero-order valence-corrected chi connectivity index (χ0v) is 12.5. The SMILES string of the molecule is CN(C)c1ncccc1NCc1cc(Br)ccc1O. The minimum atomic E-state index is 0.283. The van der Waals surface area contributed by atoms with Gasteiger partial charge in [-0.2, -0.15) is 0 Å². The highest BCUT2D eigenvalue weighted by Gasteiger charge is 2.06. The van der Waals surface area contributed by atoms with E-state index in [1.165, 1.54) is 0 Å². The van der Waals surface area contributed by atoms with Gasteiger partial charge in [-0.05, 0) is 30.3 Å². The third-order valence-electron chi connectivity index (χ3n) is 2.72. The zero-order chi connectivity index (χ0) is 13.8. The van der Waals surface area contributed by atoms with Crippen LogP contribution < -0.4 is 10.2 Å². The molecule has 0 spiro atoms. The summed E-state index contributed by atoms with van der Waals surface area (Å²) in [4.78, 5) is 6.27. The lowest BCUT2D eigenvalue weighted by molar-refractivity contribution is 0.469. The minimum absolute atomic E-state index is 0.283. The third kappa shape index (κ3) is 3.38. The second kappa shape index (κ2) is 5.93. The summed E-state index contributed by atoms with van der Waals surface area (Å²) in [7, 11) is 3.90. The van der Waals surface area contributed by atoms with E-state index in [0.29, 0.717) is 6.54 Å². The van der Waals surface area contributed by atoms with Crippen LogP contribution in [-0.2, 0) is 6.54 Å². The van der Waals surface area contributed by atoms with Crippen molar-refractivity contribution in [3.63, 3.8) is 0 Å². The van der Waals surface area contributed by atoms with Crippen molar-refractivity contribution in [2.75, 3.05) is 24.3 Å². The number of hydrogen-bond donors (Lipinski definition) is 2. The predicted molar refractivity (Wildman–Crippen MR) is 81.7 cm³/mol. The van der Waals surface area contributed by atoms with Crippen LogP contribution in [0.1, 0.15) is 5.56 Å². The van der Waals surface area contributed by atoms with Gasteiger partial charge in [0.1, 0.15) is 5.75 Å². The first-order chi connectivity index (χ1) is 9.08. The molecular weight excluding hydrogens is 306 g/mol. The molecule has 100 valence electrons. The van der Waals surface area contributed by atoms with E-state index in [-0.39, 0.29) is 5.75 Å². The lowest BCUT2D eigenvalue weighted by Crippen LogP contribution is -2.13. The minimum Gasteiger partial charge on any atom is -0.508 e. The summed E-state index contributed by atoms with van der Waals surface area (Å²) in [6.07, 6.45) is 1.76. The Hall–Kier alpha value is -1.75. The van der Waals surface area contributed by atoms with Gasteiger partial charge in [-0.1, -0.05) is 15.9 Å². The fraction of sp³-hybridized carbons (Fsp3) is 0.214. The number of pyridine rings is 1. The molecule has 1 aromatic carbocycles. The number of phenolic OH excluding ortho intramolecular Hbond substituents is 1. The number of aromatic hydroxyl groups is 1. The number of rotatable bonds is 4. The number of hydrogen-bond acceptors (Lipinski definition) is 4. The van der Waals surface area contributed by atoms with E-state index in [2.05, 4.69) is 26.2 Å². The molecule has 2 aromatic rings. The molecule has 0 saturated heterocycles. The van der Waals surface area contributed by atoms with E-state index in [1.807, 2.05) is 43.3 Å². The van der Waals surface area contributed by atoms with Gasteiger partial charge in [-0.3, -0.25) is 0 Å². The summed E-state index contributed by atoms with van der Waals surface area (Å²) in [5.74, 6) is 1.16. The van der Waals surface area contributed by atoms with Gasteiger partial charge in [0, 0.05) is 36.9 Å². The van der Waals surface area contributed by atoms with Crippen LogP contribution in [-0.4, -0.2) is 24.2 Å². The number of anilines is 2. The zero-order valence-electron chi connectivity index (χ0n) is 10.9. The van der Waals surface area contributed by atoms with E-state index >= 15 is 0 Å². The van der Waals surface area contributed by atoms with Crippen molar-refractivity contribution < 1.29 is 5.11 Å². The Bertz CT molecular complexity index is 572. The average molecular weight is 322 g/mol. The van der Waals surface area contributed by atoms with Crippen molar-refractivity contribution in [3.8, 4) is 5.75 Å². The van der Waals surface area contributed by atoms with Crippen LogP contribution in [0, 0.1) is 0 Å². The molecule has 0 unspecified atom stereocenters. The summed E-state index contributed by atoms with van der Waals surface area (Å²) in [5, 5.41) is 13.1. The van der Waals surface area contributed by atoms with Crippen molar-refractivity contribution in [1.29, 1.82) is 0 Å². The van der Waals surface area contributed by atoms with Gasteiger partial charge < -0.3 is 15.3 Å². The molecule has 0 aliphatic heterocycles. The van der Waals surface area contributed by atoms with Crippen LogP contribution in [0.15, 0.2) is 41.0 Å². The maximum Gasteiger partial charge on any atom is 0.151 e. The third-order valence-corrected chi connectivity index (χ3v) is 3.21. The number of nitrogens with one attached hydrogen (secondary N) is 1. The lowest BCUT2D eigenvalue weighted by atomic mass is 10.2. The Balaban J connectivity index is 2.17. The van der Waals surface area contributed by atoms with E-state index in [1.54, 1.807) is 12.3 Å². The van der Waals surface area contributed by atoms with Gasteiger partial charge in [-0.25, -0.2) is 4.98 Å². The lowest BCUT2D eigenvalue weighted by Gasteiger charge is -2.17. The molecule has 0 atom stereocenters. The molecule has 1 aromatic heterocycles. The topological polar surface area (TPSA) is 48.4 Å². The van der Waals surface area contributed by atoms with Crippen molar-refractivity contribution in [2.45, 2.75) is 6.54 Å². The molecular formula is C14H16BrN3O. The largest absolute Gasteiger partial charge is 0.508 e. The molecule has 1 heterocycles. The molecule has 0 saturated carbocycles. The number of aromatic nitrogens is 1. The van der Waals surface area contributed by atoms with Gasteiger partial charge >= 0.3 is 0 Å². The van der Waals surface area contributed by atoms with Crippen LogP contribution in [0.2, 0.25) is 0 Å². The van der Waals surface area contributed by atoms with Gasteiger partial charge in [0.15, 0.2) is 5.82 Å². The molecule has 0 aliphatic carbocycles. The van der Waals surface area contributed by atoms with Crippen LogP contribution in [0.3, 0.4) is 0 Å². The van der Waals surface area contributed by atoms with E-state index in [9.17, 15) is 5.11 Å². The highest BCUT2D eigenvalue weighted by molar-refractivity contribution is 9.10. The summed E-state index contributed by atoms with van der Waals surface area (Å²) in [6, 6.07) is 9.24. The molecule has 0 bridgehead atoms. The summed E-state index contributed by atoms with van der Waals surface area (Å²) >= 11 is 3.40. The molecule has 0 fully saturated rings. The molecule has 2 N–H and O–H groups in total. The Labute approximate surface area is 121 Å². The van der Waals surface area contributed by atoms with E-state index in [4.69, 9.17) is 0 Å². The second-order valence-corrected chi connectivity index (χ2v) is 5.31. The highest BCUT2D eigenvalue weighted by Crippen LogP contribution is 2.25. The highest BCUT2D eigenvalue weighted by atomic mass is 79.9. The van der Waals surface area contributed by atoms with Crippen LogP contribution in [0.25, 0.3) is 0 Å². The van der Waals surface area contributed by atoms with Crippen molar-refractivity contribution in [2.24, 2.45) is 0 Å². The maximum atomic E-state index is 9.80. The van der Waals surface area contributed by atoms with Crippen molar-refractivity contribution in [3.05, 3.63) is 46.6 Å². The molecule has 19 heavy (non-hydrogen) atoms. The molecule has 0 amide bonds. The quantitative estimate of drug-likeness (QED) is 0.907. The van der Waals surface area contributed by atoms with E-state index < -0.39 is 0 Å². The molecule has 4 nitrogen and oxygen atoms in total. The number of benzene rings is 1. The van der Waals surface area contributed by atoms with Crippen molar-refractivity contribution in [1.82, 2.24) is 4.98 Å². The number of halogens is 1. The summed E-state index contributed by atoms with van der Waals surface area (Å²) in [5.41, 5.74) is 1.77. The van der Waals surface area contributed by atoms with Crippen molar-refractivity contribution >= 4 is 27.4 Å². The smallest absolute Gasteiger partial charge is 0.151 e. The first kappa shape index (κ1) is 13.7. The van der Waals surface area contributed by atoms with Gasteiger partial charge in [0.2, 0.25) is 0 Å². The second-order valence-electron chi connectivity index (χ2n) is 4.40. The first-order valence-electron chi connectivity index (χ1n) is 5.91. The number of phenols is 1. The molecule has 5 heteroatoms. The standard InChI is InChI=1S/C14H16BrN3O/c1-18(2)14-12(4-3-7-16-14)17-9-10-8-11(15)5-6-13(10)19/h3-8,17,19H,9H2,1-2H3. The first-order valence-corrected chi connectivity index (χ1v) is 6.71. The van der Waals surface area contributed by atoms with Crippen LogP contribution >= 0.6 is 15.9 Å². The monoisotopic (exact) mass is 321 g/mol. The number of nitrogens with zero attached hydrogens (tertiary/aromatic N) is 2. The average Bonchev–Trinajstić information content (AvgIpc) is 2.40. The van der Waals surface area contributed by atoms with Gasteiger partial charge in [0.25, 0.3) is 0 Å². The Morgan fingerprint density at radius 1 is 1.32 bits per heavy atom. The van der Waals surface area contributed by atoms with E-state index in [0.717, 1.165) is 21.5 Å². The Morgan fingerprint density at radius 3 is 2.84 bits per heavy atom. The van der Waals surface area contributed by atoms with Gasteiger partial charge in [-0.15, -0.1) is 0 Å². The van der Waals surface area contributed by atoms with Crippen LogP contribution in [0.4, 0.5) is 11.5 Å². The molecule has 0 radical (unpaired) electrons. The Morgan fingerprint density at radius 2 is 2.11 bits per heavy atom. The fourth-order valence-corrected chi connectivity index (χ4v) is 2.19. The Kier molecular flexibility index (Phi) is 4.27. The fourth-order valence-electron chi connectivity index (χ4n) is 1.78. The van der Waals surface area contributed by atoms with Gasteiger partial charge in [0.05, 0.1) is 5.69 Å². The summed E-state index contributed by atoms with van der Waals surface area (Å²) < 4.78 is 0.945.